The van der Waals surface area contributed by atoms with Crippen molar-refractivity contribution in [1.82, 2.24) is 24.9 Å². The number of H-pyrrole nitrogens is 2. The minimum absolute atomic E-state index is 0.0235. The van der Waals surface area contributed by atoms with Crippen molar-refractivity contribution in [3.8, 4) is 0 Å². The van der Waals surface area contributed by atoms with Gasteiger partial charge in [0, 0.05) is 18.0 Å². The predicted molar refractivity (Wildman–Crippen MR) is 76.4 cm³/mol. The summed E-state index contributed by atoms with van der Waals surface area (Å²) in [5, 5.41) is 2.55. The second-order valence-electron chi connectivity index (χ2n) is 4.29. The smallest absolute Gasteiger partial charge is 0.263 e. The molecule has 0 saturated carbocycles. The Morgan fingerprint density at radius 3 is 2.90 bits per heavy atom. The number of hydrogen-bond acceptors (Lipinski definition) is 5. The molecule has 0 radical (unpaired) electrons. The van der Waals surface area contributed by atoms with E-state index in [9.17, 15) is 9.59 Å². The van der Waals surface area contributed by atoms with Crippen LogP contribution in [0, 0.1) is 6.92 Å². The Balaban J connectivity index is 1.94. The number of imidazole rings is 1. The van der Waals surface area contributed by atoms with Gasteiger partial charge in [-0.15, -0.1) is 0 Å². The number of amides is 1. The van der Waals surface area contributed by atoms with Gasteiger partial charge in [0.1, 0.15) is 11.1 Å². The SMILES string of the molecule is Cc1cc(=O)c(C(=O)Nc2nc(Cl)c3[nH]cnc3n2)c[nH]1. The van der Waals surface area contributed by atoms with Crippen LogP contribution in [0.3, 0.4) is 0 Å². The first-order valence-corrected chi connectivity index (χ1v) is 6.29. The molecular formula is C12H9ClN6O2. The molecule has 0 atom stereocenters. The number of aromatic amines is 2. The largest absolute Gasteiger partial charge is 0.364 e. The third-order valence-electron chi connectivity index (χ3n) is 2.77. The highest BCUT2D eigenvalue weighted by Gasteiger charge is 2.14. The maximum Gasteiger partial charge on any atom is 0.263 e. The van der Waals surface area contributed by atoms with Gasteiger partial charge in [-0.3, -0.25) is 14.9 Å². The minimum Gasteiger partial charge on any atom is -0.364 e. The summed E-state index contributed by atoms with van der Waals surface area (Å²) < 4.78 is 0. The van der Waals surface area contributed by atoms with Gasteiger partial charge < -0.3 is 9.97 Å². The molecule has 0 aliphatic rings. The average Bonchev–Trinajstić information content (AvgIpc) is 2.87. The number of carbonyl (C=O) groups excluding carboxylic acids is 1. The molecule has 3 N–H and O–H groups in total. The summed E-state index contributed by atoms with van der Waals surface area (Å²) in [4.78, 5) is 41.3. The Morgan fingerprint density at radius 2 is 2.14 bits per heavy atom. The second kappa shape index (κ2) is 4.98. The van der Waals surface area contributed by atoms with Gasteiger partial charge in [0.05, 0.1) is 6.33 Å². The van der Waals surface area contributed by atoms with E-state index in [-0.39, 0.29) is 16.7 Å². The zero-order valence-corrected chi connectivity index (χ0v) is 11.5. The van der Waals surface area contributed by atoms with Crippen molar-refractivity contribution in [3.63, 3.8) is 0 Å². The lowest BCUT2D eigenvalue weighted by atomic mass is 10.2. The first-order valence-electron chi connectivity index (χ1n) is 5.92. The highest BCUT2D eigenvalue weighted by Crippen LogP contribution is 2.18. The van der Waals surface area contributed by atoms with Crippen LogP contribution in [0.1, 0.15) is 16.1 Å². The van der Waals surface area contributed by atoms with Gasteiger partial charge in [-0.2, -0.15) is 9.97 Å². The fourth-order valence-corrected chi connectivity index (χ4v) is 1.99. The molecule has 0 fully saturated rings. The highest BCUT2D eigenvalue weighted by molar-refractivity contribution is 6.33. The van der Waals surface area contributed by atoms with Crippen molar-refractivity contribution >= 4 is 34.6 Å². The molecule has 106 valence electrons. The molecule has 21 heavy (non-hydrogen) atoms. The number of carbonyl (C=O) groups is 1. The summed E-state index contributed by atoms with van der Waals surface area (Å²) in [6, 6.07) is 1.33. The summed E-state index contributed by atoms with van der Waals surface area (Å²) in [5.74, 6) is -0.647. The Labute approximate surface area is 122 Å². The summed E-state index contributed by atoms with van der Waals surface area (Å²) in [6.07, 6.45) is 2.75. The van der Waals surface area contributed by atoms with Crippen LogP contribution in [-0.2, 0) is 0 Å². The van der Waals surface area contributed by atoms with Crippen molar-refractivity contribution < 1.29 is 4.79 Å². The van der Waals surface area contributed by atoms with E-state index in [1.165, 1.54) is 18.6 Å². The van der Waals surface area contributed by atoms with E-state index in [2.05, 4.69) is 30.2 Å². The molecular weight excluding hydrogens is 296 g/mol. The molecule has 0 aliphatic heterocycles. The average molecular weight is 305 g/mol. The molecule has 9 heteroatoms. The standard InChI is InChI=1S/C12H9ClN6O2/c1-5-2-7(20)6(3-14-5)11(21)19-12-17-9(13)8-10(18-12)16-4-15-8/h2-4H,1H3,(H,14,20)(H2,15,16,17,18,19,21). The van der Waals surface area contributed by atoms with Crippen LogP contribution in [-0.4, -0.2) is 30.8 Å². The Bertz CT molecular complexity index is 900. The van der Waals surface area contributed by atoms with E-state index < -0.39 is 11.3 Å². The van der Waals surface area contributed by atoms with Crippen molar-refractivity contribution in [2.45, 2.75) is 6.92 Å². The number of halogens is 1. The lowest BCUT2D eigenvalue weighted by Crippen LogP contribution is -2.22. The molecule has 0 unspecified atom stereocenters. The van der Waals surface area contributed by atoms with E-state index in [1.54, 1.807) is 6.92 Å². The zero-order valence-electron chi connectivity index (χ0n) is 10.8. The number of fused-ring (bicyclic) bond motifs is 1. The highest BCUT2D eigenvalue weighted by atomic mass is 35.5. The fourth-order valence-electron chi connectivity index (χ4n) is 1.77. The third kappa shape index (κ3) is 2.48. The fraction of sp³-hybridized carbons (Fsp3) is 0.0833. The van der Waals surface area contributed by atoms with E-state index in [4.69, 9.17) is 11.6 Å². The van der Waals surface area contributed by atoms with Crippen LogP contribution >= 0.6 is 11.6 Å². The van der Waals surface area contributed by atoms with Gasteiger partial charge in [-0.1, -0.05) is 11.6 Å². The first-order chi connectivity index (χ1) is 10.0. The third-order valence-corrected chi connectivity index (χ3v) is 3.04. The molecule has 8 nitrogen and oxygen atoms in total. The number of nitrogens with one attached hydrogen (secondary N) is 3. The van der Waals surface area contributed by atoms with Gasteiger partial charge in [0.25, 0.3) is 5.91 Å². The van der Waals surface area contributed by atoms with Crippen LogP contribution in [0.25, 0.3) is 11.2 Å². The maximum atomic E-state index is 12.0. The molecule has 0 aromatic carbocycles. The molecule has 1 amide bonds. The monoisotopic (exact) mass is 304 g/mol. The first kappa shape index (κ1) is 13.3. The lowest BCUT2D eigenvalue weighted by Gasteiger charge is -2.04. The zero-order chi connectivity index (χ0) is 15.0. The quantitative estimate of drug-likeness (QED) is 0.616. The van der Waals surface area contributed by atoms with Crippen molar-refractivity contribution in [2.75, 3.05) is 5.32 Å². The summed E-state index contributed by atoms with van der Waals surface area (Å²) >= 11 is 5.94. The number of pyridine rings is 1. The summed E-state index contributed by atoms with van der Waals surface area (Å²) in [5.41, 5.74) is 1.03. The molecule has 3 aromatic heterocycles. The molecule has 0 bridgehead atoms. The van der Waals surface area contributed by atoms with Crippen LogP contribution < -0.4 is 10.7 Å². The summed E-state index contributed by atoms with van der Waals surface area (Å²) in [7, 11) is 0. The van der Waals surface area contributed by atoms with Crippen LogP contribution in [0.4, 0.5) is 5.95 Å². The van der Waals surface area contributed by atoms with Crippen LogP contribution in [0.5, 0.6) is 0 Å². The number of aromatic nitrogens is 5. The number of rotatable bonds is 2. The van der Waals surface area contributed by atoms with Crippen LogP contribution in [0.2, 0.25) is 5.15 Å². The van der Waals surface area contributed by atoms with Gasteiger partial charge in [0.15, 0.2) is 16.2 Å². The Morgan fingerprint density at radius 1 is 1.33 bits per heavy atom. The number of aryl methyl sites for hydroxylation is 1. The predicted octanol–water partition coefficient (Wildman–Crippen LogP) is 1.26. The molecule has 3 aromatic rings. The van der Waals surface area contributed by atoms with E-state index >= 15 is 0 Å². The normalized spacial score (nSPS) is 10.8. The van der Waals surface area contributed by atoms with Crippen molar-refractivity contribution in [3.05, 3.63) is 45.2 Å². The lowest BCUT2D eigenvalue weighted by molar-refractivity contribution is 0.102. The van der Waals surface area contributed by atoms with Crippen LogP contribution in [0.15, 0.2) is 23.4 Å². The van der Waals surface area contributed by atoms with Gasteiger partial charge in [-0.05, 0) is 6.92 Å². The topological polar surface area (TPSA) is 116 Å². The molecule has 3 rings (SSSR count). The van der Waals surface area contributed by atoms with Crippen molar-refractivity contribution in [1.29, 1.82) is 0 Å². The Hall–Kier alpha value is -2.74. The number of anilines is 1. The molecule has 0 spiro atoms. The number of hydrogen-bond donors (Lipinski definition) is 3. The summed E-state index contributed by atoms with van der Waals surface area (Å²) in [6.45, 7) is 1.72. The second-order valence-corrected chi connectivity index (χ2v) is 4.65. The van der Waals surface area contributed by atoms with Crippen molar-refractivity contribution in [2.24, 2.45) is 0 Å². The van der Waals surface area contributed by atoms with Gasteiger partial charge in [-0.25, -0.2) is 4.98 Å². The number of nitrogens with zero attached hydrogens (tertiary/aromatic N) is 3. The van der Waals surface area contributed by atoms with Gasteiger partial charge >= 0.3 is 0 Å². The van der Waals surface area contributed by atoms with E-state index in [0.717, 1.165) is 0 Å². The van der Waals surface area contributed by atoms with Gasteiger partial charge in [0.2, 0.25) is 5.95 Å². The Kier molecular flexibility index (Phi) is 3.15. The van der Waals surface area contributed by atoms with E-state index in [1.807, 2.05) is 0 Å². The molecule has 0 saturated heterocycles. The molecule has 0 aliphatic carbocycles. The molecule has 3 heterocycles. The van der Waals surface area contributed by atoms with E-state index in [0.29, 0.717) is 16.9 Å². The maximum absolute atomic E-state index is 12.0. The minimum atomic E-state index is -0.623.